The van der Waals surface area contributed by atoms with Gasteiger partial charge in [0, 0.05) is 31.7 Å². The van der Waals surface area contributed by atoms with Crippen LogP contribution in [0.3, 0.4) is 0 Å². The standard InChI is InChI=1S/C17H21N5O3S/c23-17(14-5-2-1-3-6-14)20-10-16(11-20)26(24,25)21-8-4-7-15(9-21)22-13-18-12-19-22/h1-3,5-6,12-13,15-16H,4,7-11H2/t15-/m0/s1. The Labute approximate surface area is 152 Å². The molecule has 8 nitrogen and oxygen atoms in total. The first-order valence-electron chi connectivity index (χ1n) is 8.73. The summed E-state index contributed by atoms with van der Waals surface area (Å²) in [5, 5.41) is 3.61. The maximum atomic E-state index is 12.9. The van der Waals surface area contributed by atoms with Crippen LogP contribution in [0.15, 0.2) is 43.0 Å². The van der Waals surface area contributed by atoms with Crippen molar-refractivity contribution in [3.63, 3.8) is 0 Å². The molecule has 0 bridgehead atoms. The van der Waals surface area contributed by atoms with Crippen LogP contribution in [-0.2, 0) is 10.0 Å². The molecule has 0 aliphatic carbocycles. The summed E-state index contributed by atoms with van der Waals surface area (Å²) in [6.07, 6.45) is 4.78. The van der Waals surface area contributed by atoms with Crippen molar-refractivity contribution in [2.24, 2.45) is 0 Å². The SMILES string of the molecule is O=C(c1ccccc1)N1CC(S(=O)(=O)N2CCC[C@H](n3cncn3)C2)C1. The lowest BCUT2D eigenvalue weighted by atomic mass is 10.1. The molecule has 1 atom stereocenters. The van der Waals surface area contributed by atoms with E-state index in [0.29, 0.717) is 18.7 Å². The van der Waals surface area contributed by atoms with E-state index < -0.39 is 15.3 Å². The summed E-state index contributed by atoms with van der Waals surface area (Å²) in [5.41, 5.74) is 0.590. The number of aromatic nitrogens is 3. The van der Waals surface area contributed by atoms with Gasteiger partial charge in [-0.25, -0.2) is 18.1 Å². The maximum absolute atomic E-state index is 12.9. The summed E-state index contributed by atoms with van der Waals surface area (Å²) in [7, 11) is -3.42. The number of hydrogen-bond donors (Lipinski definition) is 0. The van der Waals surface area contributed by atoms with E-state index in [1.54, 1.807) is 44.5 Å². The van der Waals surface area contributed by atoms with Gasteiger partial charge in [0.25, 0.3) is 5.91 Å². The van der Waals surface area contributed by atoms with E-state index in [9.17, 15) is 13.2 Å². The first kappa shape index (κ1) is 17.2. The maximum Gasteiger partial charge on any atom is 0.253 e. The van der Waals surface area contributed by atoms with Gasteiger partial charge in [-0.2, -0.15) is 9.40 Å². The summed E-state index contributed by atoms with van der Waals surface area (Å²) < 4.78 is 29.1. The smallest absolute Gasteiger partial charge is 0.253 e. The number of benzene rings is 1. The van der Waals surface area contributed by atoms with Crippen molar-refractivity contribution in [3.8, 4) is 0 Å². The van der Waals surface area contributed by atoms with Crippen LogP contribution in [0.5, 0.6) is 0 Å². The second-order valence-electron chi connectivity index (χ2n) is 6.77. The Balaban J connectivity index is 1.40. The molecule has 2 fully saturated rings. The van der Waals surface area contributed by atoms with Crippen LogP contribution in [0.1, 0.15) is 29.2 Å². The molecule has 0 spiro atoms. The van der Waals surface area contributed by atoms with Crippen molar-refractivity contribution in [2.45, 2.75) is 24.1 Å². The summed E-state index contributed by atoms with van der Waals surface area (Å²) in [4.78, 5) is 17.9. The van der Waals surface area contributed by atoms with Crippen LogP contribution in [0.4, 0.5) is 0 Å². The van der Waals surface area contributed by atoms with Gasteiger partial charge < -0.3 is 4.90 Å². The highest BCUT2D eigenvalue weighted by atomic mass is 32.2. The molecule has 2 aliphatic rings. The van der Waals surface area contributed by atoms with Crippen LogP contribution in [0.25, 0.3) is 0 Å². The summed E-state index contributed by atoms with van der Waals surface area (Å²) in [6.45, 7) is 1.44. The molecule has 0 radical (unpaired) electrons. The van der Waals surface area contributed by atoms with Gasteiger partial charge in [0.1, 0.15) is 17.9 Å². The Kier molecular flexibility index (Phi) is 4.49. The molecule has 0 N–H and O–H groups in total. The molecule has 4 rings (SSSR count). The highest BCUT2D eigenvalue weighted by molar-refractivity contribution is 7.89. The van der Waals surface area contributed by atoms with Crippen LogP contribution in [-0.4, -0.2) is 69.7 Å². The molecule has 2 aliphatic heterocycles. The lowest BCUT2D eigenvalue weighted by Crippen LogP contribution is -2.60. The molecule has 1 amide bonds. The fourth-order valence-electron chi connectivity index (χ4n) is 3.54. The van der Waals surface area contributed by atoms with Crippen molar-refractivity contribution >= 4 is 15.9 Å². The van der Waals surface area contributed by atoms with Gasteiger partial charge in [0.15, 0.2) is 0 Å². The molecule has 1 aromatic carbocycles. The zero-order valence-corrected chi connectivity index (χ0v) is 15.1. The molecule has 26 heavy (non-hydrogen) atoms. The van der Waals surface area contributed by atoms with Gasteiger partial charge >= 0.3 is 0 Å². The van der Waals surface area contributed by atoms with E-state index in [1.165, 1.54) is 6.33 Å². The van der Waals surface area contributed by atoms with E-state index in [2.05, 4.69) is 10.1 Å². The Morgan fingerprint density at radius 3 is 2.58 bits per heavy atom. The van der Waals surface area contributed by atoms with E-state index >= 15 is 0 Å². The fourth-order valence-corrected chi connectivity index (χ4v) is 5.46. The van der Waals surface area contributed by atoms with Gasteiger partial charge in [-0.15, -0.1) is 0 Å². The molecule has 9 heteroatoms. The van der Waals surface area contributed by atoms with Crippen molar-refractivity contribution in [1.29, 1.82) is 0 Å². The number of likely N-dealkylation sites (tertiary alicyclic amines) is 1. The average Bonchev–Trinajstić information content (AvgIpc) is 3.16. The third-order valence-electron chi connectivity index (χ3n) is 5.11. The number of piperidine rings is 1. The minimum Gasteiger partial charge on any atom is -0.336 e. The van der Waals surface area contributed by atoms with Gasteiger partial charge in [-0.05, 0) is 25.0 Å². The predicted molar refractivity (Wildman–Crippen MR) is 94.9 cm³/mol. The highest BCUT2D eigenvalue weighted by Crippen LogP contribution is 2.28. The largest absolute Gasteiger partial charge is 0.336 e. The predicted octanol–water partition coefficient (Wildman–Crippen LogP) is 0.769. The van der Waals surface area contributed by atoms with Crippen LogP contribution < -0.4 is 0 Å². The lowest BCUT2D eigenvalue weighted by molar-refractivity contribution is 0.0653. The van der Waals surface area contributed by atoms with Crippen LogP contribution in [0, 0.1) is 0 Å². The topological polar surface area (TPSA) is 88.4 Å². The second kappa shape index (κ2) is 6.81. The van der Waals surface area contributed by atoms with E-state index in [1.807, 2.05) is 6.07 Å². The van der Waals surface area contributed by atoms with Crippen molar-refractivity contribution < 1.29 is 13.2 Å². The van der Waals surface area contributed by atoms with E-state index in [4.69, 9.17) is 0 Å². The third-order valence-corrected chi connectivity index (χ3v) is 7.30. The first-order chi connectivity index (χ1) is 12.6. The van der Waals surface area contributed by atoms with Crippen LogP contribution >= 0.6 is 0 Å². The van der Waals surface area contributed by atoms with Gasteiger partial charge in [-0.1, -0.05) is 18.2 Å². The number of carbonyl (C=O) groups is 1. The molecule has 0 unspecified atom stereocenters. The molecule has 2 aromatic rings. The third kappa shape index (κ3) is 3.12. The van der Waals surface area contributed by atoms with E-state index in [0.717, 1.165) is 12.8 Å². The van der Waals surface area contributed by atoms with Gasteiger partial charge in [0.2, 0.25) is 10.0 Å². The molecular weight excluding hydrogens is 354 g/mol. The Morgan fingerprint density at radius 1 is 1.12 bits per heavy atom. The minimum atomic E-state index is -3.42. The normalized spacial score (nSPS) is 22.2. The Morgan fingerprint density at radius 2 is 1.88 bits per heavy atom. The minimum absolute atomic E-state index is 0.0168. The van der Waals surface area contributed by atoms with Gasteiger partial charge in [-0.3, -0.25) is 4.79 Å². The number of sulfonamides is 1. The molecule has 0 saturated carbocycles. The number of rotatable bonds is 4. The quantitative estimate of drug-likeness (QED) is 0.788. The van der Waals surface area contributed by atoms with Crippen molar-refractivity contribution in [2.75, 3.05) is 26.2 Å². The Bertz CT molecular complexity index is 863. The van der Waals surface area contributed by atoms with E-state index in [-0.39, 0.29) is 25.0 Å². The second-order valence-corrected chi connectivity index (χ2v) is 8.99. The van der Waals surface area contributed by atoms with Crippen molar-refractivity contribution in [3.05, 3.63) is 48.5 Å². The molecular formula is C17H21N5O3S. The summed E-state index contributed by atoms with van der Waals surface area (Å²) >= 11 is 0. The van der Waals surface area contributed by atoms with Gasteiger partial charge in [0.05, 0.1) is 6.04 Å². The molecule has 1 aromatic heterocycles. The number of amides is 1. The first-order valence-corrected chi connectivity index (χ1v) is 10.2. The zero-order valence-electron chi connectivity index (χ0n) is 14.3. The molecule has 2 saturated heterocycles. The van der Waals surface area contributed by atoms with Crippen molar-refractivity contribution in [1.82, 2.24) is 24.0 Å². The number of hydrogen-bond acceptors (Lipinski definition) is 5. The Hall–Kier alpha value is -2.26. The van der Waals surface area contributed by atoms with Crippen LogP contribution in [0.2, 0.25) is 0 Å². The highest BCUT2D eigenvalue weighted by Gasteiger charge is 2.44. The molecule has 138 valence electrons. The summed E-state index contributed by atoms with van der Waals surface area (Å²) in [5.74, 6) is -0.115. The fraction of sp³-hybridized carbons (Fsp3) is 0.471. The summed E-state index contributed by atoms with van der Waals surface area (Å²) in [6, 6.07) is 8.97. The monoisotopic (exact) mass is 375 g/mol. The molecule has 3 heterocycles. The number of nitrogens with zero attached hydrogens (tertiary/aromatic N) is 5. The lowest BCUT2D eigenvalue weighted by Gasteiger charge is -2.42. The number of carbonyl (C=O) groups excluding carboxylic acids is 1. The average molecular weight is 375 g/mol. The zero-order chi connectivity index (χ0) is 18.1.